The van der Waals surface area contributed by atoms with E-state index in [-0.39, 0.29) is 81.5 Å². The summed E-state index contributed by atoms with van der Waals surface area (Å²) in [5, 5.41) is -0.288. The van der Waals surface area contributed by atoms with E-state index in [2.05, 4.69) is 53.9 Å². The van der Waals surface area contributed by atoms with Gasteiger partial charge in [0, 0.05) is 5.22 Å². The van der Waals surface area contributed by atoms with Gasteiger partial charge < -0.3 is 13.9 Å². The molecular weight excluding hydrogens is 541 g/mol. The predicted octanol–water partition coefficient (Wildman–Crippen LogP) is 5.88. The first-order valence-corrected chi connectivity index (χ1v) is 21.9. The van der Waals surface area contributed by atoms with Crippen LogP contribution in [-0.2, 0) is 33.1 Å². The molecule has 4 bridgehead atoms. The monoisotopic (exact) mass is 588 g/mol. The summed E-state index contributed by atoms with van der Waals surface area (Å²) in [7, 11) is -4.53. The van der Waals surface area contributed by atoms with Crippen LogP contribution in [0.5, 0.6) is 0 Å². The van der Waals surface area contributed by atoms with Gasteiger partial charge in [-0.15, -0.1) is 0 Å². The lowest BCUT2D eigenvalue weighted by atomic mass is 9.68. The highest BCUT2D eigenvalue weighted by Crippen LogP contribution is 2.69. The molecule has 40 heavy (non-hydrogen) atoms. The second kappa shape index (κ2) is 9.09. The molecule has 0 radical (unpaired) electrons. The normalized spacial score (nSPS) is 41.8. The van der Waals surface area contributed by atoms with Crippen LogP contribution in [0.4, 0.5) is 0 Å². The molecule has 11 atom stereocenters. The SMILES string of the molecule is CCC(CC)(C1CC2CC1C1C(=O)OC(=O)C21)[Si](C)(C)OC(C)(CC)[Si](C)(C)C1CC2C[C@@H]1C1C(=O)OC(=O)C21. The Labute approximate surface area is 241 Å². The van der Waals surface area contributed by atoms with Gasteiger partial charge in [0.25, 0.3) is 0 Å². The average molecular weight is 589 g/mol. The molecule has 6 aliphatic rings. The Kier molecular flexibility index (Phi) is 6.54. The largest absolute Gasteiger partial charge is 0.414 e. The molecule has 2 heterocycles. The van der Waals surface area contributed by atoms with E-state index in [1.165, 1.54) is 0 Å². The number of fused-ring (bicyclic) bond motifs is 10. The number of cyclic esters (lactones) is 4. The molecule has 0 aromatic carbocycles. The third-order valence-corrected chi connectivity index (χ3v) is 24.5. The summed E-state index contributed by atoms with van der Waals surface area (Å²) in [4.78, 5) is 50.4. The van der Waals surface area contributed by atoms with E-state index < -0.39 is 16.4 Å². The lowest BCUT2D eigenvalue weighted by Gasteiger charge is -2.58. The van der Waals surface area contributed by atoms with Crippen molar-refractivity contribution in [3.63, 3.8) is 0 Å². The summed E-state index contributed by atoms with van der Waals surface area (Å²) in [6, 6.07) is 0. The Morgan fingerprint density at radius 2 is 1.18 bits per heavy atom. The Morgan fingerprint density at radius 3 is 1.70 bits per heavy atom. The smallest absolute Gasteiger partial charge is 0.317 e. The molecule has 0 N–H and O–H groups in total. The molecule has 6 rings (SSSR count). The van der Waals surface area contributed by atoms with Crippen LogP contribution in [0.15, 0.2) is 0 Å². The maximum absolute atomic E-state index is 12.8. The number of esters is 4. The van der Waals surface area contributed by atoms with Crippen molar-refractivity contribution in [1.82, 2.24) is 0 Å². The van der Waals surface area contributed by atoms with E-state index in [0.717, 1.165) is 44.9 Å². The molecule has 10 unspecified atom stereocenters. The maximum Gasteiger partial charge on any atom is 0.317 e. The van der Waals surface area contributed by atoms with Gasteiger partial charge in [0.05, 0.1) is 31.7 Å². The van der Waals surface area contributed by atoms with Crippen LogP contribution < -0.4 is 0 Å². The third-order valence-electron chi connectivity index (χ3n) is 14.1. The van der Waals surface area contributed by atoms with E-state index in [1.54, 1.807) is 0 Å². The fraction of sp³-hybridized carbons (Fsp3) is 0.871. The van der Waals surface area contributed by atoms with Crippen LogP contribution in [-0.4, -0.2) is 45.5 Å². The number of ether oxygens (including phenoxy) is 2. The van der Waals surface area contributed by atoms with E-state index in [1.807, 2.05) is 0 Å². The Bertz CT molecular complexity index is 1140. The van der Waals surface area contributed by atoms with Gasteiger partial charge in [-0.25, -0.2) is 0 Å². The molecule has 0 spiro atoms. The zero-order valence-electron chi connectivity index (χ0n) is 25.6. The van der Waals surface area contributed by atoms with Gasteiger partial charge in [-0.05, 0) is 92.3 Å². The second-order valence-corrected chi connectivity index (χ2v) is 24.8. The quantitative estimate of drug-likeness (QED) is 0.188. The summed E-state index contributed by atoms with van der Waals surface area (Å²) in [5.41, 5.74) is 0.423. The molecular formula is C31H48O7Si2. The van der Waals surface area contributed by atoms with Gasteiger partial charge in [0.1, 0.15) is 0 Å². The average Bonchev–Trinajstić information content (AvgIpc) is 3.71. The van der Waals surface area contributed by atoms with Crippen molar-refractivity contribution in [3.05, 3.63) is 0 Å². The van der Waals surface area contributed by atoms with Crippen molar-refractivity contribution in [1.29, 1.82) is 0 Å². The van der Waals surface area contributed by atoms with Gasteiger partial charge in [-0.2, -0.15) is 0 Å². The number of hydrogen-bond acceptors (Lipinski definition) is 7. The fourth-order valence-electron chi connectivity index (χ4n) is 11.8. The van der Waals surface area contributed by atoms with Gasteiger partial charge in [-0.1, -0.05) is 46.7 Å². The van der Waals surface area contributed by atoms with E-state index in [9.17, 15) is 19.2 Å². The Hall–Kier alpha value is -1.33. The van der Waals surface area contributed by atoms with Crippen molar-refractivity contribution < 1.29 is 33.1 Å². The molecule has 0 amide bonds. The van der Waals surface area contributed by atoms with E-state index in [0.29, 0.717) is 11.5 Å². The lowest BCUT2D eigenvalue weighted by Crippen LogP contribution is -2.65. The molecule has 6 fully saturated rings. The standard InChI is InChI=1S/C31H48O7Si2/c1-9-30(4,39(5,6)21-15-17-13-19(21)25-23(17)27(33)37-29(25)35)38-40(7,8)31(10-2,11-3)20-14-16-12-18(20)24-22(16)26(32)36-28(24)34/h16-25H,9-15H2,1-8H3/t16?,17?,18?,19-,20?,21?,22?,23?,24?,25?,30?/m0/s1. The van der Waals surface area contributed by atoms with Gasteiger partial charge in [-0.3, -0.25) is 19.2 Å². The molecule has 2 aliphatic heterocycles. The van der Waals surface area contributed by atoms with Crippen molar-refractivity contribution in [2.45, 2.75) is 115 Å². The summed E-state index contributed by atoms with van der Waals surface area (Å²) in [6.07, 6.45) is 6.85. The maximum atomic E-state index is 12.8. The molecule has 0 aromatic rings. The minimum atomic E-state index is -2.41. The molecule has 4 saturated carbocycles. The summed E-state index contributed by atoms with van der Waals surface area (Å²) < 4.78 is 17.9. The zero-order valence-corrected chi connectivity index (χ0v) is 27.6. The fourth-order valence-corrected chi connectivity index (χ4v) is 22.0. The first-order chi connectivity index (χ1) is 18.7. The number of rotatable bonds is 9. The van der Waals surface area contributed by atoms with Crippen LogP contribution in [0.3, 0.4) is 0 Å². The minimum Gasteiger partial charge on any atom is -0.414 e. The van der Waals surface area contributed by atoms with Crippen LogP contribution >= 0.6 is 0 Å². The first-order valence-electron chi connectivity index (χ1n) is 15.9. The van der Waals surface area contributed by atoms with Gasteiger partial charge in [0.2, 0.25) is 0 Å². The predicted molar refractivity (Wildman–Crippen MR) is 154 cm³/mol. The molecule has 0 aromatic heterocycles. The molecule has 7 nitrogen and oxygen atoms in total. The number of hydrogen-bond donors (Lipinski definition) is 0. The van der Waals surface area contributed by atoms with Crippen molar-refractivity contribution in [3.8, 4) is 0 Å². The number of carbonyl (C=O) groups excluding carboxylic acids is 4. The van der Waals surface area contributed by atoms with E-state index >= 15 is 0 Å². The van der Waals surface area contributed by atoms with Crippen LogP contribution in [0.1, 0.15) is 72.6 Å². The minimum absolute atomic E-state index is 0.00827. The van der Waals surface area contributed by atoms with Crippen LogP contribution in [0.25, 0.3) is 0 Å². The Morgan fingerprint density at radius 1 is 0.700 bits per heavy atom. The molecule has 9 heteroatoms. The Balaban J connectivity index is 1.29. The van der Waals surface area contributed by atoms with Crippen LogP contribution in [0.2, 0.25) is 36.8 Å². The summed E-state index contributed by atoms with van der Waals surface area (Å²) in [6.45, 7) is 18.9. The first kappa shape index (κ1) is 28.8. The van der Waals surface area contributed by atoms with Crippen LogP contribution in [0, 0.1) is 53.3 Å². The van der Waals surface area contributed by atoms with Gasteiger partial charge >= 0.3 is 23.9 Å². The summed E-state index contributed by atoms with van der Waals surface area (Å²) >= 11 is 0. The van der Waals surface area contributed by atoms with E-state index in [4.69, 9.17) is 13.9 Å². The zero-order chi connectivity index (χ0) is 29.2. The summed E-state index contributed by atoms with van der Waals surface area (Å²) in [5.74, 6) is -0.828. The van der Waals surface area contributed by atoms with Gasteiger partial charge in [0.15, 0.2) is 8.32 Å². The van der Waals surface area contributed by atoms with Crippen molar-refractivity contribution in [2.24, 2.45) is 53.3 Å². The van der Waals surface area contributed by atoms with Crippen molar-refractivity contribution in [2.75, 3.05) is 0 Å². The second-order valence-electron chi connectivity index (χ2n) is 15.4. The number of carbonyl (C=O) groups is 4. The highest BCUT2D eigenvalue weighted by Gasteiger charge is 2.70. The highest BCUT2D eigenvalue weighted by atomic mass is 28.4. The molecule has 2 saturated heterocycles. The third kappa shape index (κ3) is 3.49. The van der Waals surface area contributed by atoms with Crippen molar-refractivity contribution >= 4 is 40.3 Å². The highest BCUT2D eigenvalue weighted by molar-refractivity contribution is 6.83. The topological polar surface area (TPSA) is 96.0 Å². The lowest BCUT2D eigenvalue weighted by molar-refractivity contribution is -0.156. The molecule has 4 aliphatic carbocycles. The molecule has 222 valence electrons.